The van der Waals surface area contributed by atoms with Crippen molar-refractivity contribution in [2.75, 3.05) is 39.8 Å². The fourth-order valence-electron chi connectivity index (χ4n) is 3.49. The molecule has 2 heterocycles. The van der Waals surface area contributed by atoms with Gasteiger partial charge in [-0.15, -0.1) is 6.58 Å². The van der Waals surface area contributed by atoms with Crippen molar-refractivity contribution in [3.05, 3.63) is 36.7 Å². The van der Waals surface area contributed by atoms with Crippen LogP contribution in [0, 0.1) is 0 Å². The Kier molecular flexibility index (Phi) is 9.75. The lowest BCUT2D eigenvalue weighted by Gasteiger charge is -2.42. The fraction of sp³-hybridized carbons (Fsp3) is 0.500. The summed E-state index contributed by atoms with van der Waals surface area (Å²) in [5, 5.41) is 4.32. The molecule has 10 nitrogen and oxygen atoms in total. The van der Waals surface area contributed by atoms with E-state index in [4.69, 9.17) is 4.74 Å². The number of hydrogen-bond acceptors (Lipinski definition) is 7. The number of nitrogens with zero attached hydrogens (tertiary/aromatic N) is 3. The van der Waals surface area contributed by atoms with E-state index in [2.05, 4.69) is 16.9 Å². The molecule has 0 aliphatic carbocycles. The third-order valence-electron chi connectivity index (χ3n) is 5.44. The number of ether oxygens (including phenoxy) is 1. The minimum atomic E-state index is -4.61. The SMILES string of the molecule is C=CCC(=O)N1CCN(C(C)C(=O)NCC(=O)c2cncc(OC)c2)C[C@H]1C(=O)NCC(F)(F)F. The number of carbonyl (C=O) groups excluding carboxylic acids is 4. The molecule has 1 aromatic rings. The van der Waals surface area contributed by atoms with E-state index >= 15 is 0 Å². The molecule has 0 radical (unpaired) electrons. The highest BCUT2D eigenvalue weighted by Crippen LogP contribution is 2.17. The van der Waals surface area contributed by atoms with E-state index in [0.717, 1.165) is 0 Å². The highest BCUT2D eigenvalue weighted by atomic mass is 19.4. The molecule has 1 aliphatic rings. The predicted octanol–water partition coefficient (Wildman–Crippen LogP) is 0.545. The molecule has 0 saturated carbocycles. The predicted molar refractivity (Wildman–Crippen MR) is 119 cm³/mol. The Morgan fingerprint density at radius 2 is 1.97 bits per heavy atom. The summed E-state index contributed by atoms with van der Waals surface area (Å²) in [6, 6.07) is -0.562. The number of pyridine rings is 1. The second-order valence-corrected chi connectivity index (χ2v) is 7.85. The van der Waals surface area contributed by atoms with Crippen LogP contribution in [-0.4, -0.2) is 96.4 Å². The summed E-state index contributed by atoms with van der Waals surface area (Å²) in [5.74, 6) is -1.97. The Labute approximate surface area is 200 Å². The zero-order chi connectivity index (χ0) is 26.2. The molecule has 1 aliphatic heterocycles. The van der Waals surface area contributed by atoms with Crippen LogP contribution in [0.5, 0.6) is 5.75 Å². The molecule has 0 spiro atoms. The summed E-state index contributed by atoms with van der Waals surface area (Å²) >= 11 is 0. The second-order valence-electron chi connectivity index (χ2n) is 7.85. The van der Waals surface area contributed by atoms with Gasteiger partial charge in [-0.1, -0.05) is 6.08 Å². The number of alkyl halides is 3. The Balaban J connectivity index is 2.03. The maximum Gasteiger partial charge on any atom is 0.405 e. The Morgan fingerprint density at radius 1 is 1.26 bits per heavy atom. The minimum Gasteiger partial charge on any atom is -0.495 e. The lowest BCUT2D eigenvalue weighted by molar-refractivity contribution is -0.150. The second kappa shape index (κ2) is 12.3. The van der Waals surface area contributed by atoms with Crippen LogP contribution in [0.3, 0.4) is 0 Å². The summed E-state index contributed by atoms with van der Waals surface area (Å²) in [5.41, 5.74) is 0.244. The number of hydrogen-bond donors (Lipinski definition) is 2. The zero-order valence-corrected chi connectivity index (χ0v) is 19.4. The van der Waals surface area contributed by atoms with Gasteiger partial charge in [-0.05, 0) is 13.0 Å². The number of carbonyl (C=O) groups is 4. The number of halogens is 3. The maximum atomic E-state index is 12.7. The maximum absolute atomic E-state index is 12.7. The largest absolute Gasteiger partial charge is 0.495 e. The van der Waals surface area contributed by atoms with Gasteiger partial charge in [0.2, 0.25) is 17.7 Å². The Bertz CT molecular complexity index is 956. The lowest BCUT2D eigenvalue weighted by atomic mass is 10.1. The molecule has 0 bridgehead atoms. The average Bonchev–Trinajstić information content (AvgIpc) is 2.84. The van der Waals surface area contributed by atoms with Gasteiger partial charge in [-0.3, -0.25) is 29.1 Å². The molecule has 2 atom stereocenters. The number of piperazine rings is 1. The lowest BCUT2D eigenvalue weighted by Crippen LogP contribution is -2.63. The Hall–Kier alpha value is -3.48. The topological polar surface area (TPSA) is 121 Å². The number of methoxy groups -OCH3 is 1. The molecule has 1 aromatic heterocycles. The van der Waals surface area contributed by atoms with Gasteiger partial charge in [0.25, 0.3) is 0 Å². The van der Waals surface area contributed by atoms with E-state index in [-0.39, 0.29) is 38.2 Å². The van der Waals surface area contributed by atoms with Crippen molar-refractivity contribution in [3.8, 4) is 5.75 Å². The standard InChI is InChI=1S/C22H28F3N5O5/c1-4-5-19(32)30-7-6-29(12-17(30)21(34)28-13-22(23,24)25)14(2)20(33)27-11-18(31)15-8-16(35-3)10-26-9-15/h4,8-10,14,17H,1,5-7,11-13H2,2-3H3,(H,27,33)(H,28,34)/t14?,17-/m0/s1. The number of amides is 3. The van der Waals surface area contributed by atoms with Gasteiger partial charge in [-0.2, -0.15) is 13.2 Å². The van der Waals surface area contributed by atoms with E-state index in [0.29, 0.717) is 5.75 Å². The third-order valence-corrected chi connectivity index (χ3v) is 5.44. The number of aromatic nitrogens is 1. The molecular formula is C22H28F3N5O5. The van der Waals surface area contributed by atoms with E-state index < -0.39 is 48.3 Å². The summed E-state index contributed by atoms with van der Waals surface area (Å²) in [6.07, 6.45) is -0.592. The van der Waals surface area contributed by atoms with Gasteiger partial charge in [0, 0.05) is 37.8 Å². The van der Waals surface area contributed by atoms with Crippen LogP contribution in [0.1, 0.15) is 23.7 Å². The normalized spacial score (nSPS) is 17.3. The fourth-order valence-corrected chi connectivity index (χ4v) is 3.49. The van der Waals surface area contributed by atoms with Crippen LogP contribution in [0.25, 0.3) is 0 Å². The summed E-state index contributed by atoms with van der Waals surface area (Å²) in [7, 11) is 1.43. The molecule has 35 heavy (non-hydrogen) atoms. The van der Waals surface area contributed by atoms with E-state index in [9.17, 15) is 32.3 Å². The van der Waals surface area contributed by atoms with Crippen LogP contribution in [0.2, 0.25) is 0 Å². The Morgan fingerprint density at radius 3 is 2.60 bits per heavy atom. The first kappa shape index (κ1) is 27.8. The minimum absolute atomic E-state index is 0.0306. The van der Waals surface area contributed by atoms with Crippen LogP contribution in [-0.2, 0) is 14.4 Å². The van der Waals surface area contributed by atoms with E-state index in [1.807, 2.05) is 0 Å². The number of Topliss-reactive ketones (excluding diaryl/α,β-unsaturated/α-hetero) is 1. The van der Waals surface area contributed by atoms with Crippen molar-refractivity contribution >= 4 is 23.5 Å². The van der Waals surface area contributed by atoms with E-state index in [1.54, 1.807) is 17.1 Å². The number of nitrogens with one attached hydrogen (secondary N) is 2. The van der Waals surface area contributed by atoms with Crippen molar-refractivity contribution in [1.29, 1.82) is 0 Å². The van der Waals surface area contributed by atoms with Crippen LogP contribution in [0.4, 0.5) is 13.2 Å². The smallest absolute Gasteiger partial charge is 0.405 e. The molecule has 1 unspecified atom stereocenters. The molecule has 192 valence electrons. The number of ketones is 1. The van der Waals surface area contributed by atoms with Gasteiger partial charge in [-0.25, -0.2) is 0 Å². The van der Waals surface area contributed by atoms with Gasteiger partial charge in [0.05, 0.1) is 25.9 Å². The van der Waals surface area contributed by atoms with Gasteiger partial charge >= 0.3 is 6.18 Å². The molecule has 2 rings (SSSR count). The summed E-state index contributed by atoms with van der Waals surface area (Å²) in [6.45, 7) is 3.23. The van der Waals surface area contributed by atoms with Crippen molar-refractivity contribution < 1.29 is 37.1 Å². The molecule has 3 amide bonds. The van der Waals surface area contributed by atoms with Crippen LogP contribution >= 0.6 is 0 Å². The van der Waals surface area contributed by atoms with Gasteiger partial charge in [0.15, 0.2) is 5.78 Å². The first-order valence-electron chi connectivity index (χ1n) is 10.8. The molecule has 1 fully saturated rings. The molecular weight excluding hydrogens is 471 g/mol. The molecule has 0 aromatic carbocycles. The van der Waals surface area contributed by atoms with Gasteiger partial charge in [0.1, 0.15) is 18.3 Å². The molecule has 2 N–H and O–H groups in total. The zero-order valence-electron chi connectivity index (χ0n) is 19.4. The highest BCUT2D eigenvalue weighted by molar-refractivity contribution is 5.99. The summed E-state index contributed by atoms with van der Waals surface area (Å²) in [4.78, 5) is 56.6. The van der Waals surface area contributed by atoms with Crippen molar-refractivity contribution in [1.82, 2.24) is 25.4 Å². The van der Waals surface area contributed by atoms with Crippen molar-refractivity contribution in [2.24, 2.45) is 0 Å². The number of rotatable bonds is 10. The first-order valence-corrected chi connectivity index (χ1v) is 10.8. The van der Waals surface area contributed by atoms with E-state index in [1.165, 1.54) is 36.5 Å². The quantitative estimate of drug-likeness (QED) is 0.356. The van der Waals surface area contributed by atoms with Gasteiger partial charge < -0.3 is 20.3 Å². The highest BCUT2D eigenvalue weighted by Gasteiger charge is 2.39. The molecule has 1 saturated heterocycles. The van der Waals surface area contributed by atoms with Crippen molar-refractivity contribution in [2.45, 2.75) is 31.6 Å². The third kappa shape index (κ3) is 8.05. The first-order chi connectivity index (χ1) is 16.5. The van der Waals surface area contributed by atoms with Crippen LogP contribution in [0.15, 0.2) is 31.1 Å². The summed E-state index contributed by atoms with van der Waals surface area (Å²) < 4.78 is 42.7. The molecule has 13 heteroatoms. The monoisotopic (exact) mass is 499 g/mol. The van der Waals surface area contributed by atoms with Crippen molar-refractivity contribution in [3.63, 3.8) is 0 Å². The average molecular weight is 499 g/mol. The van der Waals surface area contributed by atoms with Crippen LogP contribution < -0.4 is 15.4 Å².